The molecule has 0 radical (unpaired) electrons. The molecule has 1 spiro atoms. The number of benzene rings is 2. The predicted octanol–water partition coefficient (Wildman–Crippen LogP) is 2.24. The van der Waals surface area contributed by atoms with E-state index in [2.05, 4.69) is 5.43 Å². The van der Waals surface area contributed by atoms with Crippen LogP contribution in [-0.2, 0) is 21.5 Å². The van der Waals surface area contributed by atoms with E-state index >= 15 is 0 Å². The van der Waals surface area contributed by atoms with Crippen LogP contribution < -0.4 is 10.4 Å². The van der Waals surface area contributed by atoms with Crippen molar-refractivity contribution in [2.45, 2.75) is 37.6 Å². The number of hydrogen-bond donors (Lipinski definition) is 2. The van der Waals surface area contributed by atoms with Crippen LogP contribution in [0.1, 0.15) is 47.2 Å². The molecule has 5 rings (SSSR count). The molecule has 1 aliphatic carbocycles. The lowest BCUT2D eigenvalue weighted by Gasteiger charge is -2.35. The third-order valence-corrected chi connectivity index (χ3v) is 6.08. The molecule has 0 atom stereocenters. The normalized spacial score (nSPS) is 19.7. The van der Waals surface area contributed by atoms with E-state index in [0.717, 1.165) is 24.0 Å². The number of phenolic OH excluding ortho intramolecular Hbond substituents is 1. The summed E-state index contributed by atoms with van der Waals surface area (Å²) >= 11 is 0. The third-order valence-electron chi connectivity index (χ3n) is 6.08. The second kappa shape index (κ2) is 6.34. The lowest BCUT2D eigenvalue weighted by Crippen LogP contribution is -2.50. The molecule has 148 valence electrons. The summed E-state index contributed by atoms with van der Waals surface area (Å²) in [4.78, 5) is 38.6. The minimum absolute atomic E-state index is 0.0353. The molecule has 2 aromatic rings. The minimum atomic E-state index is -0.197. The van der Waals surface area contributed by atoms with Crippen LogP contribution in [0.25, 0.3) is 0 Å². The molecule has 7 nitrogen and oxygen atoms in total. The Balaban J connectivity index is 1.37. The van der Waals surface area contributed by atoms with Crippen molar-refractivity contribution in [3.05, 3.63) is 59.2 Å². The molecule has 2 fully saturated rings. The highest BCUT2D eigenvalue weighted by Crippen LogP contribution is 2.53. The number of phenols is 1. The van der Waals surface area contributed by atoms with Gasteiger partial charge in [-0.1, -0.05) is 6.07 Å². The van der Waals surface area contributed by atoms with Crippen molar-refractivity contribution in [3.63, 3.8) is 0 Å². The van der Waals surface area contributed by atoms with Crippen molar-refractivity contribution in [1.82, 2.24) is 10.3 Å². The Kier molecular flexibility index (Phi) is 3.87. The van der Waals surface area contributed by atoms with Crippen LogP contribution in [-0.4, -0.2) is 34.3 Å². The van der Waals surface area contributed by atoms with Crippen LogP contribution in [0.3, 0.4) is 0 Å². The number of anilines is 1. The average molecular weight is 391 g/mol. The molecule has 29 heavy (non-hydrogen) atoms. The number of aromatic hydroxyl groups is 1. The molecular weight excluding hydrogens is 370 g/mol. The predicted molar refractivity (Wildman–Crippen MR) is 105 cm³/mol. The van der Waals surface area contributed by atoms with Gasteiger partial charge >= 0.3 is 0 Å². The number of amides is 3. The van der Waals surface area contributed by atoms with Crippen molar-refractivity contribution in [2.24, 2.45) is 0 Å². The summed E-state index contributed by atoms with van der Waals surface area (Å²) in [7, 11) is 0. The van der Waals surface area contributed by atoms with E-state index in [1.54, 1.807) is 30.3 Å². The van der Waals surface area contributed by atoms with Crippen molar-refractivity contribution in [1.29, 1.82) is 0 Å². The number of fused-ring (bicyclic) bond motifs is 2. The molecule has 7 heteroatoms. The number of nitrogens with one attached hydrogen (secondary N) is 1. The van der Waals surface area contributed by atoms with Gasteiger partial charge in [0.2, 0.25) is 11.8 Å². The molecule has 3 aliphatic rings. The monoisotopic (exact) mass is 391 g/mol. The lowest BCUT2D eigenvalue weighted by atomic mass is 9.86. The topological polar surface area (TPSA) is 90.0 Å². The highest BCUT2D eigenvalue weighted by atomic mass is 16.3. The third kappa shape index (κ3) is 3.03. The highest BCUT2D eigenvalue weighted by molar-refractivity contribution is 6.01. The van der Waals surface area contributed by atoms with E-state index < -0.39 is 0 Å². The van der Waals surface area contributed by atoms with Crippen LogP contribution in [0.5, 0.6) is 5.75 Å². The summed E-state index contributed by atoms with van der Waals surface area (Å²) in [6.45, 7) is 1.16. The van der Waals surface area contributed by atoms with Crippen molar-refractivity contribution >= 4 is 23.4 Å². The first-order valence-corrected chi connectivity index (χ1v) is 9.79. The van der Waals surface area contributed by atoms with Crippen LogP contribution in [0, 0.1) is 0 Å². The maximum atomic E-state index is 13.1. The Bertz CT molecular complexity index is 1030. The zero-order valence-corrected chi connectivity index (χ0v) is 15.9. The van der Waals surface area contributed by atoms with Crippen molar-refractivity contribution < 1.29 is 19.5 Å². The van der Waals surface area contributed by atoms with Crippen LogP contribution >= 0.6 is 0 Å². The Morgan fingerprint density at radius 3 is 2.52 bits per heavy atom. The molecule has 1 saturated carbocycles. The number of hydrogen-bond acceptors (Lipinski definition) is 4. The minimum Gasteiger partial charge on any atom is -0.508 e. The maximum absolute atomic E-state index is 13.1. The number of rotatable bonds is 2. The molecular formula is C22H21N3O4. The van der Waals surface area contributed by atoms with Gasteiger partial charge in [-0.25, -0.2) is 5.01 Å². The summed E-state index contributed by atoms with van der Waals surface area (Å²) < 4.78 is 0. The summed E-state index contributed by atoms with van der Waals surface area (Å²) in [5.74, 6) is -0.159. The fourth-order valence-electron chi connectivity index (χ4n) is 4.35. The summed E-state index contributed by atoms with van der Waals surface area (Å²) in [5.41, 5.74) is 5.85. The molecule has 2 aliphatic heterocycles. The smallest absolute Gasteiger partial charge is 0.254 e. The van der Waals surface area contributed by atoms with E-state index in [0.29, 0.717) is 24.3 Å². The number of hydrazine groups is 1. The van der Waals surface area contributed by atoms with Gasteiger partial charge in [-0.05, 0) is 60.4 Å². The summed E-state index contributed by atoms with van der Waals surface area (Å²) in [6.07, 6.45) is 2.41. The van der Waals surface area contributed by atoms with Gasteiger partial charge in [0.1, 0.15) is 5.75 Å². The van der Waals surface area contributed by atoms with Crippen molar-refractivity contribution in [2.75, 3.05) is 11.6 Å². The highest BCUT2D eigenvalue weighted by Gasteiger charge is 2.50. The van der Waals surface area contributed by atoms with E-state index in [1.165, 1.54) is 5.01 Å². The van der Waals surface area contributed by atoms with E-state index in [4.69, 9.17) is 0 Å². The van der Waals surface area contributed by atoms with Gasteiger partial charge in [-0.15, -0.1) is 0 Å². The number of carbonyl (C=O) groups is 3. The lowest BCUT2D eigenvalue weighted by molar-refractivity contribution is -0.130. The van der Waals surface area contributed by atoms with E-state index in [1.807, 2.05) is 17.0 Å². The Hall–Kier alpha value is -3.35. The molecule has 2 aromatic carbocycles. The first kappa shape index (κ1) is 17.7. The quantitative estimate of drug-likeness (QED) is 0.822. The average Bonchev–Trinajstić information content (AvgIpc) is 3.50. The Labute approximate surface area is 167 Å². The summed E-state index contributed by atoms with van der Waals surface area (Å²) in [6, 6.07) is 12.1. The van der Waals surface area contributed by atoms with Crippen LogP contribution in [0.4, 0.5) is 5.69 Å². The molecule has 0 bridgehead atoms. The maximum Gasteiger partial charge on any atom is 0.254 e. The Morgan fingerprint density at radius 1 is 1.03 bits per heavy atom. The van der Waals surface area contributed by atoms with Gasteiger partial charge in [-0.3, -0.25) is 19.8 Å². The molecule has 0 unspecified atom stereocenters. The molecule has 2 heterocycles. The first-order valence-electron chi connectivity index (χ1n) is 9.79. The molecule has 1 saturated heterocycles. The second-order valence-electron chi connectivity index (χ2n) is 8.09. The van der Waals surface area contributed by atoms with Gasteiger partial charge in [0.15, 0.2) is 0 Å². The van der Waals surface area contributed by atoms with E-state index in [-0.39, 0.29) is 41.7 Å². The Morgan fingerprint density at radius 2 is 1.79 bits per heavy atom. The van der Waals surface area contributed by atoms with Gasteiger partial charge < -0.3 is 10.0 Å². The molecule has 0 aromatic heterocycles. The SMILES string of the molecule is O=C1CCC(=O)N(c2ccc(C(=O)N3Cc4ccc(O)cc4C4(CC4)C3)cc2)N1. The molecule has 2 N–H and O–H groups in total. The zero-order chi connectivity index (χ0) is 20.2. The van der Waals surface area contributed by atoms with Gasteiger partial charge in [0, 0.05) is 36.9 Å². The van der Waals surface area contributed by atoms with E-state index in [9.17, 15) is 19.5 Å². The van der Waals surface area contributed by atoms with Crippen LogP contribution in [0.2, 0.25) is 0 Å². The fraction of sp³-hybridized carbons (Fsp3) is 0.318. The molecule has 3 amide bonds. The van der Waals surface area contributed by atoms with Gasteiger partial charge in [-0.2, -0.15) is 0 Å². The fourth-order valence-corrected chi connectivity index (χ4v) is 4.35. The standard InChI is InChI=1S/C22H21N3O4/c26-17-6-3-15-12-24(13-22(9-10-22)18(15)11-17)21(29)14-1-4-16(5-2-14)25-20(28)8-7-19(27)23-25/h1-6,11,26H,7-10,12-13H2,(H,23,27). The first-order chi connectivity index (χ1) is 13.9. The number of carbonyl (C=O) groups excluding carboxylic acids is 3. The largest absolute Gasteiger partial charge is 0.508 e. The second-order valence-corrected chi connectivity index (χ2v) is 8.09. The summed E-state index contributed by atoms with van der Waals surface area (Å²) in [5, 5.41) is 11.1. The van der Waals surface area contributed by atoms with Crippen molar-refractivity contribution in [3.8, 4) is 5.75 Å². The van der Waals surface area contributed by atoms with Gasteiger partial charge in [0.05, 0.1) is 5.69 Å². The van der Waals surface area contributed by atoms with Crippen LogP contribution in [0.15, 0.2) is 42.5 Å². The zero-order valence-electron chi connectivity index (χ0n) is 15.9. The van der Waals surface area contributed by atoms with Gasteiger partial charge in [0.25, 0.3) is 5.91 Å². The number of nitrogens with zero attached hydrogens (tertiary/aromatic N) is 2.